The zero-order valence-electron chi connectivity index (χ0n) is 12.3. The number of nitrogens with zero attached hydrogens (tertiary/aromatic N) is 5. The van der Waals surface area contributed by atoms with Crippen LogP contribution in [0.2, 0.25) is 0 Å². The summed E-state index contributed by atoms with van der Waals surface area (Å²) in [5.74, 6) is 0.150. The number of rotatable bonds is 6. The van der Waals surface area contributed by atoms with Gasteiger partial charge in [0.2, 0.25) is 10.9 Å². The molecule has 0 aliphatic rings. The van der Waals surface area contributed by atoms with Crippen molar-refractivity contribution in [3.63, 3.8) is 0 Å². The van der Waals surface area contributed by atoms with E-state index in [9.17, 15) is 4.79 Å². The molecule has 2 aromatic heterocycles. The lowest BCUT2D eigenvalue weighted by Gasteiger charge is -2.20. The van der Waals surface area contributed by atoms with E-state index in [0.717, 1.165) is 15.5 Å². The molecule has 2 heterocycles. The Kier molecular flexibility index (Phi) is 4.43. The Hall–Kier alpha value is -2.28. The van der Waals surface area contributed by atoms with Crippen molar-refractivity contribution in [1.82, 2.24) is 24.7 Å². The van der Waals surface area contributed by atoms with Crippen LogP contribution in [0.15, 0.2) is 36.7 Å². The molecule has 0 atom stereocenters. The molecule has 7 heteroatoms. The second kappa shape index (κ2) is 6.65. The average Bonchev–Trinajstić information content (AvgIpc) is 3.12. The SMILES string of the molecule is CCN(Cc1ccccc1)C(=O)CCc1nn2cnnc2s1. The molecule has 0 aliphatic heterocycles. The highest BCUT2D eigenvalue weighted by atomic mass is 32.1. The number of aryl methyl sites for hydroxylation is 1. The maximum atomic E-state index is 12.4. The van der Waals surface area contributed by atoms with Gasteiger partial charge in [0.1, 0.15) is 11.3 Å². The molecular weight excluding hydrogens is 298 g/mol. The molecule has 0 bridgehead atoms. The standard InChI is InChI=1S/C15H17N5OS/c1-2-19(10-12-6-4-3-5-7-12)14(21)9-8-13-18-20-11-16-17-15(20)22-13/h3-7,11H,2,8-10H2,1H3. The van der Waals surface area contributed by atoms with E-state index in [1.54, 1.807) is 10.8 Å². The minimum absolute atomic E-state index is 0.150. The van der Waals surface area contributed by atoms with Gasteiger partial charge in [-0.25, -0.2) is 0 Å². The normalized spacial score (nSPS) is 11.0. The van der Waals surface area contributed by atoms with Gasteiger partial charge in [0.05, 0.1) is 0 Å². The zero-order valence-corrected chi connectivity index (χ0v) is 13.2. The molecule has 0 saturated heterocycles. The smallest absolute Gasteiger partial charge is 0.234 e. The van der Waals surface area contributed by atoms with E-state index >= 15 is 0 Å². The first-order valence-corrected chi connectivity index (χ1v) is 8.05. The third kappa shape index (κ3) is 3.30. The fraction of sp³-hybridized carbons (Fsp3) is 0.333. The van der Waals surface area contributed by atoms with Crippen molar-refractivity contribution >= 4 is 22.2 Å². The second-order valence-corrected chi connectivity index (χ2v) is 5.99. The number of hydrogen-bond acceptors (Lipinski definition) is 5. The van der Waals surface area contributed by atoms with Crippen LogP contribution in [0.5, 0.6) is 0 Å². The van der Waals surface area contributed by atoms with Crippen LogP contribution in [0.4, 0.5) is 0 Å². The molecule has 0 aliphatic carbocycles. The second-order valence-electron chi connectivity index (χ2n) is 4.95. The minimum Gasteiger partial charge on any atom is -0.339 e. The number of fused-ring (bicyclic) bond motifs is 1. The molecule has 3 rings (SSSR count). The number of amides is 1. The lowest BCUT2D eigenvalue weighted by Crippen LogP contribution is -2.30. The Balaban J connectivity index is 1.58. The Bertz CT molecular complexity index is 723. The molecule has 0 N–H and O–H groups in total. The lowest BCUT2D eigenvalue weighted by atomic mass is 10.2. The first-order chi connectivity index (χ1) is 10.8. The monoisotopic (exact) mass is 315 g/mol. The van der Waals surface area contributed by atoms with Gasteiger partial charge >= 0.3 is 0 Å². The first-order valence-electron chi connectivity index (χ1n) is 7.23. The molecule has 1 aromatic carbocycles. The molecule has 3 aromatic rings. The summed E-state index contributed by atoms with van der Waals surface area (Å²) in [4.78, 5) is 15.0. The van der Waals surface area contributed by atoms with Crippen LogP contribution in [0.25, 0.3) is 4.96 Å². The Morgan fingerprint density at radius 3 is 2.86 bits per heavy atom. The van der Waals surface area contributed by atoms with E-state index in [1.807, 2.05) is 42.2 Å². The van der Waals surface area contributed by atoms with Gasteiger partial charge < -0.3 is 4.90 Å². The number of carbonyl (C=O) groups is 1. The Morgan fingerprint density at radius 1 is 1.32 bits per heavy atom. The van der Waals surface area contributed by atoms with E-state index < -0.39 is 0 Å². The number of hydrogen-bond donors (Lipinski definition) is 0. The van der Waals surface area contributed by atoms with Crippen LogP contribution >= 0.6 is 11.3 Å². The molecule has 0 unspecified atom stereocenters. The molecule has 22 heavy (non-hydrogen) atoms. The van der Waals surface area contributed by atoms with E-state index in [2.05, 4.69) is 15.3 Å². The molecular formula is C15H17N5OS. The predicted octanol–water partition coefficient (Wildman–Crippen LogP) is 2.17. The van der Waals surface area contributed by atoms with Crippen LogP contribution < -0.4 is 0 Å². The summed E-state index contributed by atoms with van der Waals surface area (Å²) in [5, 5.41) is 13.0. The Morgan fingerprint density at radius 2 is 2.14 bits per heavy atom. The van der Waals surface area contributed by atoms with Crippen LogP contribution in [0.3, 0.4) is 0 Å². The largest absolute Gasteiger partial charge is 0.339 e. The molecule has 6 nitrogen and oxygen atoms in total. The van der Waals surface area contributed by atoms with Crippen LogP contribution in [-0.4, -0.2) is 37.2 Å². The van der Waals surface area contributed by atoms with Gasteiger partial charge in [-0.3, -0.25) is 4.79 Å². The maximum absolute atomic E-state index is 12.4. The molecule has 0 radical (unpaired) electrons. The zero-order chi connectivity index (χ0) is 15.4. The average molecular weight is 315 g/mol. The molecule has 0 saturated carbocycles. The summed E-state index contributed by atoms with van der Waals surface area (Å²) < 4.78 is 1.64. The quantitative estimate of drug-likeness (QED) is 0.699. The molecule has 0 fully saturated rings. The Labute approximate surface area is 132 Å². The number of carbonyl (C=O) groups excluding carboxylic acids is 1. The van der Waals surface area contributed by atoms with Gasteiger partial charge in [-0.1, -0.05) is 41.7 Å². The van der Waals surface area contributed by atoms with Gasteiger partial charge in [0.15, 0.2) is 0 Å². The summed E-state index contributed by atoms with van der Waals surface area (Å²) >= 11 is 1.48. The van der Waals surface area contributed by atoms with Crippen LogP contribution in [0, 0.1) is 0 Å². The summed E-state index contributed by atoms with van der Waals surface area (Å²) in [5.41, 5.74) is 1.15. The maximum Gasteiger partial charge on any atom is 0.234 e. The van der Waals surface area contributed by atoms with Crippen LogP contribution in [-0.2, 0) is 17.8 Å². The summed E-state index contributed by atoms with van der Waals surface area (Å²) in [6.07, 6.45) is 2.67. The van der Waals surface area contributed by atoms with Gasteiger partial charge in [0.25, 0.3) is 0 Å². The van der Waals surface area contributed by atoms with Crippen molar-refractivity contribution in [1.29, 1.82) is 0 Å². The number of benzene rings is 1. The summed E-state index contributed by atoms with van der Waals surface area (Å²) in [6.45, 7) is 3.37. The van der Waals surface area contributed by atoms with Crippen molar-refractivity contribution in [3.05, 3.63) is 47.2 Å². The van der Waals surface area contributed by atoms with Crippen LogP contribution in [0.1, 0.15) is 23.9 Å². The molecule has 1 amide bonds. The fourth-order valence-corrected chi connectivity index (χ4v) is 3.07. The van der Waals surface area contributed by atoms with E-state index in [4.69, 9.17) is 0 Å². The predicted molar refractivity (Wildman–Crippen MR) is 84.5 cm³/mol. The van der Waals surface area contributed by atoms with Gasteiger partial charge in [-0.2, -0.15) is 9.61 Å². The highest BCUT2D eigenvalue weighted by Crippen LogP contribution is 2.14. The van der Waals surface area contributed by atoms with Crippen molar-refractivity contribution in [2.24, 2.45) is 0 Å². The summed E-state index contributed by atoms with van der Waals surface area (Å²) in [6, 6.07) is 10.0. The van der Waals surface area contributed by atoms with Crippen molar-refractivity contribution in [3.8, 4) is 0 Å². The molecule has 0 spiro atoms. The first kappa shape index (κ1) is 14.6. The van der Waals surface area contributed by atoms with E-state index in [-0.39, 0.29) is 5.91 Å². The van der Waals surface area contributed by atoms with E-state index in [1.165, 1.54) is 11.3 Å². The third-order valence-electron chi connectivity index (χ3n) is 3.43. The lowest BCUT2D eigenvalue weighted by molar-refractivity contribution is -0.131. The highest BCUT2D eigenvalue weighted by Gasteiger charge is 2.14. The molecule has 114 valence electrons. The van der Waals surface area contributed by atoms with Crippen molar-refractivity contribution in [2.45, 2.75) is 26.3 Å². The van der Waals surface area contributed by atoms with Crippen molar-refractivity contribution in [2.75, 3.05) is 6.54 Å². The van der Waals surface area contributed by atoms with Gasteiger partial charge in [0, 0.05) is 25.9 Å². The topological polar surface area (TPSA) is 63.4 Å². The minimum atomic E-state index is 0.150. The van der Waals surface area contributed by atoms with Gasteiger partial charge in [-0.05, 0) is 12.5 Å². The highest BCUT2D eigenvalue weighted by molar-refractivity contribution is 7.16. The number of aromatic nitrogens is 4. The summed E-state index contributed by atoms with van der Waals surface area (Å²) in [7, 11) is 0. The fourth-order valence-electron chi connectivity index (χ4n) is 2.25. The van der Waals surface area contributed by atoms with Gasteiger partial charge in [-0.15, -0.1) is 10.2 Å². The third-order valence-corrected chi connectivity index (χ3v) is 4.40. The van der Waals surface area contributed by atoms with Crippen molar-refractivity contribution < 1.29 is 4.79 Å². The van der Waals surface area contributed by atoms with E-state index in [0.29, 0.717) is 25.9 Å².